The van der Waals surface area contributed by atoms with Crippen LogP contribution < -0.4 is 15.2 Å². The minimum absolute atomic E-state index is 0.0378. The van der Waals surface area contributed by atoms with Gasteiger partial charge in [0.15, 0.2) is 11.5 Å². The maximum Gasteiger partial charge on any atom is 0.586 e. The molecule has 1 aromatic carbocycles. The molecule has 0 unspecified atom stereocenters. The zero-order chi connectivity index (χ0) is 14.0. The second kappa shape index (κ2) is 5.00. The highest BCUT2D eigenvalue weighted by Crippen LogP contribution is 2.42. The van der Waals surface area contributed by atoms with E-state index in [1.165, 1.54) is 18.2 Å². The van der Waals surface area contributed by atoms with E-state index in [9.17, 15) is 13.6 Å². The van der Waals surface area contributed by atoms with E-state index in [4.69, 9.17) is 10.5 Å². The van der Waals surface area contributed by atoms with Crippen LogP contribution >= 0.6 is 0 Å². The van der Waals surface area contributed by atoms with Crippen LogP contribution in [0.5, 0.6) is 11.5 Å². The Hall–Kier alpha value is -1.89. The molecule has 0 fully saturated rings. The predicted molar refractivity (Wildman–Crippen MR) is 60.8 cm³/mol. The summed E-state index contributed by atoms with van der Waals surface area (Å²) in [7, 11) is 0. The minimum Gasteiger partial charge on any atom is -0.466 e. The highest BCUT2D eigenvalue weighted by Gasteiger charge is 2.43. The van der Waals surface area contributed by atoms with E-state index in [0.29, 0.717) is 5.56 Å². The van der Waals surface area contributed by atoms with E-state index in [2.05, 4.69) is 9.47 Å². The highest BCUT2D eigenvalue weighted by molar-refractivity contribution is 5.70. The van der Waals surface area contributed by atoms with Gasteiger partial charge in [-0.3, -0.25) is 4.79 Å². The van der Waals surface area contributed by atoms with Gasteiger partial charge in [0.05, 0.1) is 13.0 Å². The van der Waals surface area contributed by atoms with Gasteiger partial charge in [-0.25, -0.2) is 0 Å². The average molecular weight is 273 g/mol. The Balaban J connectivity index is 2.09. The van der Waals surface area contributed by atoms with E-state index in [1.807, 2.05) is 0 Å². The van der Waals surface area contributed by atoms with Gasteiger partial charge >= 0.3 is 12.3 Å². The molecule has 0 saturated carbocycles. The van der Waals surface area contributed by atoms with E-state index < -0.39 is 18.3 Å². The first-order valence-corrected chi connectivity index (χ1v) is 5.72. The summed E-state index contributed by atoms with van der Waals surface area (Å²) in [6.45, 7) is 1.95. The first kappa shape index (κ1) is 13.5. The number of fused-ring (bicyclic) bond motifs is 1. The number of ether oxygens (including phenoxy) is 3. The van der Waals surface area contributed by atoms with Gasteiger partial charge in [0.2, 0.25) is 0 Å². The summed E-state index contributed by atoms with van der Waals surface area (Å²) in [4.78, 5) is 11.3. The molecule has 1 aromatic rings. The predicted octanol–water partition coefficient (Wildman–Crippen LogP) is 1.96. The van der Waals surface area contributed by atoms with Crippen LogP contribution in [0.4, 0.5) is 8.78 Å². The van der Waals surface area contributed by atoms with Gasteiger partial charge in [0.1, 0.15) is 0 Å². The number of esters is 1. The molecule has 2 N–H and O–H groups in total. The van der Waals surface area contributed by atoms with Crippen molar-refractivity contribution in [2.75, 3.05) is 6.61 Å². The summed E-state index contributed by atoms with van der Waals surface area (Å²) >= 11 is 0. The molecule has 0 aliphatic carbocycles. The van der Waals surface area contributed by atoms with Gasteiger partial charge in [-0.2, -0.15) is 0 Å². The minimum atomic E-state index is -3.66. The van der Waals surface area contributed by atoms with Crippen LogP contribution in [0.3, 0.4) is 0 Å². The largest absolute Gasteiger partial charge is 0.586 e. The zero-order valence-electron chi connectivity index (χ0n) is 10.2. The number of carbonyl (C=O) groups excluding carboxylic acids is 1. The molecule has 1 aliphatic heterocycles. The lowest BCUT2D eigenvalue weighted by Crippen LogP contribution is -2.25. The Morgan fingerprint density at radius 1 is 1.42 bits per heavy atom. The maximum atomic E-state index is 12.8. The molecule has 0 radical (unpaired) electrons. The number of alkyl halides is 2. The van der Waals surface area contributed by atoms with E-state index >= 15 is 0 Å². The SMILES string of the molecule is CCOC(=O)C[C@H](N)c1ccc2c(c1)OC(F)(F)O2. The standard InChI is InChI=1S/C12H13F2NO4/c1-2-17-11(16)6-8(15)7-3-4-9-10(5-7)19-12(13,14)18-9/h3-5,8H,2,6,15H2,1H3/t8-/m0/s1. The quantitative estimate of drug-likeness (QED) is 0.849. The summed E-state index contributed by atoms with van der Waals surface area (Å²) in [5, 5.41) is 0. The summed E-state index contributed by atoms with van der Waals surface area (Å²) in [5.74, 6) is -0.600. The topological polar surface area (TPSA) is 70.8 Å². The third kappa shape index (κ3) is 3.11. The third-order valence-corrected chi connectivity index (χ3v) is 2.55. The molecule has 0 saturated heterocycles. The van der Waals surface area contributed by atoms with E-state index in [0.717, 1.165) is 0 Å². The number of rotatable bonds is 4. The summed E-state index contributed by atoms with van der Waals surface area (Å²) in [6, 6.07) is 3.52. The number of carbonyl (C=O) groups is 1. The number of nitrogens with two attached hydrogens (primary N) is 1. The molecule has 7 heteroatoms. The molecular formula is C12H13F2NO4. The van der Waals surface area contributed by atoms with Gasteiger partial charge < -0.3 is 19.9 Å². The van der Waals surface area contributed by atoms with Crippen LogP contribution in [0.1, 0.15) is 24.9 Å². The Morgan fingerprint density at radius 3 is 2.79 bits per heavy atom. The fourth-order valence-corrected chi connectivity index (χ4v) is 1.71. The Kier molecular flexibility index (Phi) is 3.57. The lowest BCUT2D eigenvalue weighted by atomic mass is 10.0. The number of hydrogen-bond acceptors (Lipinski definition) is 5. The van der Waals surface area contributed by atoms with Gasteiger partial charge in [-0.05, 0) is 24.6 Å². The zero-order valence-corrected chi connectivity index (χ0v) is 10.2. The first-order chi connectivity index (χ1) is 8.91. The van der Waals surface area contributed by atoms with Crippen molar-refractivity contribution in [1.29, 1.82) is 0 Å². The van der Waals surface area contributed by atoms with Gasteiger partial charge in [0, 0.05) is 6.04 Å². The van der Waals surface area contributed by atoms with Crippen LogP contribution in [-0.2, 0) is 9.53 Å². The maximum absolute atomic E-state index is 12.8. The molecule has 2 rings (SSSR count). The van der Waals surface area contributed by atoms with Gasteiger partial charge in [-0.15, -0.1) is 8.78 Å². The summed E-state index contributed by atoms with van der Waals surface area (Å²) in [5.41, 5.74) is 6.30. The van der Waals surface area contributed by atoms with Crippen molar-refractivity contribution in [2.24, 2.45) is 5.73 Å². The van der Waals surface area contributed by atoms with Crippen LogP contribution in [-0.4, -0.2) is 18.9 Å². The van der Waals surface area contributed by atoms with Crippen molar-refractivity contribution < 1.29 is 27.8 Å². The molecule has 0 bridgehead atoms. The molecule has 0 amide bonds. The normalized spacial score (nSPS) is 17.1. The van der Waals surface area contributed by atoms with Crippen molar-refractivity contribution in [3.63, 3.8) is 0 Å². The lowest BCUT2D eigenvalue weighted by molar-refractivity contribution is -0.286. The van der Waals surface area contributed by atoms with Gasteiger partial charge in [0.25, 0.3) is 0 Å². The average Bonchev–Trinajstić information content (AvgIpc) is 2.61. The molecule has 1 atom stereocenters. The third-order valence-electron chi connectivity index (χ3n) is 2.55. The fraction of sp³-hybridized carbons (Fsp3) is 0.417. The molecule has 104 valence electrons. The summed E-state index contributed by atoms with van der Waals surface area (Å²) < 4.78 is 39.0. The smallest absolute Gasteiger partial charge is 0.466 e. The Morgan fingerprint density at radius 2 is 2.11 bits per heavy atom. The van der Waals surface area contributed by atoms with Crippen LogP contribution in [0, 0.1) is 0 Å². The molecule has 1 aliphatic rings. The Labute approximate surface area is 108 Å². The molecule has 19 heavy (non-hydrogen) atoms. The van der Waals surface area contributed by atoms with Crippen molar-refractivity contribution >= 4 is 5.97 Å². The highest BCUT2D eigenvalue weighted by atomic mass is 19.3. The monoisotopic (exact) mass is 273 g/mol. The van der Waals surface area contributed by atoms with Crippen LogP contribution in [0.25, 0.3) is 0 Å². The van der Waals surface area contributed by atoms with Crippen molar-refractivity contribution in [3.8, 4) is 11.5 Å². The molecule has 0 aromatic heterocycles. The van der Waals surface area contributed by atoms with Gasteiger partial charge in [-0.1, -0.05) is 6.07 Å². The lowest BCUT2D eigenvalue weighted by Gasteiger charge is -2.11. The molecule has 5 nitrogen and oxygen atoms in total. The van der Waals surface area contributed by atoms with E-state index in [-0.39, 0.29) is 24.5 Å². The molecular weight excluding hydrogens is 260 g/mol. The Bertz CT molecular complexity index is 493. The van der Waals surface area contributed by atoms with Crippen molar-refractivity contribution in [2.45, 2.75) is 25.7 Å². The second-order valence-corrected chi connectivity index (χ2v) is 3.99. The van der Waals surface area contributed by atoms with Crippen LogP contribution in [0.15, 0.2) is 18.2 Å². The summed E-state index contributed by atoms with van der Waals surface area (Å²) in [6.07, 6.45) is -3.70. The number of benzene rings is 1. The first-order valence-electron chi connectivity index (χ1n) is 5.72. The fourth-order valence-electron chi connectivity index (χ4n) is 1.71. The second-order valence-electron chi connectivity index (χ2n) is 3.99. The van der Waals surface area contributed by atoms with Crippen LogP contribution in [0.2, 0.25) is 0 Å². The van der Waals surface area contributed by atoms with Crippen molar-refractivity contribution in [1.82, 2.24) is 0 Å². The van der Waals surface area contributed by atoms with Crippen molar-refractivity contribution in [3.05, 3.63) is 23.8 Å². The number of hydrogen-bond donors (Lipinski definition) is 1. The van der Waals surface area contributed by atoms with E-state index in [1.54, 1.807) is 6.92 Å². The number of halogens is 2. The molecule has 1 heterocycles. The molecule has 0 spiro atoms.